The molecule has 1 saturated heterocycles. The minimum Gasteiger partial charge on any atom is -0.467 e. The third-order valence-corrected chi connectivity index (χ3v) is 2.18. The predicted molar refractivity (Wildman–Crippen MR) is 50.0 cm³/mol. The lowest BCUT2D eigenvalue weighted by molar-refractivity contribution is -0.142. The number of nitrogens with one attached hydrogen (secondary N) is 1. The molecule has 80 valence electrons. The van der Waals surface area contributed by atoms with Gasteiger partial charge < -0.3 is 15.8 Å². The molecule has 0 bridgehead atoms. The number of primary amides is 1. The van der Waals surface area contributed by atoms with Crippen molar-refractivity contribution in [3.8, 4) is 6.07 Å². The van der Waals surface area contributed by atoms with E-state index in [2.05, 4.69) is 10.1 Å². The Bertz CT molecular complexity index is 367. The van der Waals surface area contributed by atoms with Crippen LogP contribution in [0, 0.1) is 11.3 Å². The fourth-order valence-electron chi connectivity index (χ4n) is 1.43. The van der Waals surface area contributed by atoms with Gasteiger partial charge in [-0.1, -0.05) is 0 Å². The Morgan fingerprint density at radius 2 is 2.33 bits per heavy atom. The van der Waals surface area contributed by atoms with Crippen molar-refractivity contribution in [3.63, 3.8) is 0 Å². The van der Waals surface area contributed by atoms with Gasteiger partial charge in [-0.2, -0.15) is 5.26 Å². The molecule has 3 N–H and O–H groups in total. The van der Waals surface area contributed by atoms with Crippen LogP contribution in [0.2, 0.25) is 0 Å². The van der Waals surface area contributed by atoms with Crippen LogP contribution in [0.5, 0.6) is 0 Å². The van der Waals surface area contributed by atoms with Crippen molar-refractivity contribution in [3.05, 3.63) is 11.3 Å². The predicted octanol–water partition coefficient (Wildman–Crippen LogP) is -0.826. The van der Waals surface area contributed by atoms with Gasteiger partial charge in [0.2, 0.25) is 0 Å². The van der Waals surface area contributed by atoms with Crippen LogP contribution in [0.1, 0.15) is 12.8 Å². The van der Waals surface area contributed by atoms with Crippen LogP contribution in [0.15, 0.2) is 11.3 Å². The molecular weight excluding hydrogens is 198 g/mol. The second-order valence-corrected chi connectivity index (χ2v) is 3.09. The normalized spacial score (nSPS) is 22.5. The first-order valence-electron chi connectivity index (χ1n) is 4.37. The number of esters is 1. The standard InChI is InChI=1S/C9H11N3O3/c1-15-9(14)7-3-2-6(12-7)5(4-10)8(11)13/h7,12H,2-3H2,1H3,(H2,11,13)/b6-5-. The summed E-state index contributed by atoms with van der Waals surface area (Å²) in [5, 5.41) is 11.4. The minimum absolute atomic E-state index is 0.124. The second kappa shape index (κ2) is 4.46. The van der Waals surface area contributed by atoms with Crippen LogP contribution in [0.4, 0.5) is 0 Å². The summed E-state index contributed by atoms with van der Waals surface area (Å²) in [6.45, 7) is 0. The van der Waals surface area contributed by atoms with Gasteiger partial charge in [-0.25, -0.2) is 4.79 Å². The molecule has 0 aromatic rings. The average Bonchev–Trinajstić information content (AvgIpc) is 2.66. The van der Waals surface area contributed by atoms with Crippen LogP contribution >= 0.6 is 0 Å². The lowest BCUT2D eigenvalue weighted by atomic mass is 10.1. The van der Waals surface area contributed by atoms with E-state index in [1.807, 2.05) is 0 Å². The Hall–Kier alpha value is -2.03. The molecule has 1 atom stereocenters. The zero-order chi connectivity index (χ0) is 11.4. The average molecular weight is 209 g/mol. The molecule has 1 unspecified atom stereocenters. The van der Waals surface area contributed by atoms with E-state index in [-0.39, 0.29) is 5.57 Å². The summed E-state index contributed by atoms with van der Waals surface area (Å²) < 4.78 is 4.53. The summed E-state index contributed by atoms with van der Waals surface area (Å²) in [6.07, 6.45) is 0.950. The molecule has 15 heavy (non-hydrogen) atoms. The number of nitriles is 1. The number of hydrogen-bond acceptors (Lipinski definition) is 5. The largest absolute Gasteiger partial charge is 0.467 e. The van der Waals surface area contributed by atoms with Crippen molar-refractivity contribution in [2.24, 2.45) is 5.73 Å². The fraction of sp³-hybridized carbons (Fsp3) is 0.444. The summed E-state index contributed by atoms with van der Waals surface area (Å²) in [4.78, 5) is 22.0. The van der Waals surface area contributed by atoms with Gasteiger partial charge in [0, 0.05) is 5.70 Å². The Morgan fingerprint density at radius 3 is 2.80 bits per heavy atom. The number of rotatable bonds is 2. The van der Waals surface area contributed by atoms with Crippen molar-refractivity contribution in [1.29, 1.82) is 5.26 Å². The SMILES string of the molecule is COC(=O)C1CC/C(=C(\C#N)C(N)=O)N1. The molecule has 0 aromatic heterocycles. The third-order valence-electron chi connectivity index (χ3n) is 2.18. The van der Waals surface area contributed by atoms with E-state index >= 15 is 0 Å². The smallest absolute Gasteiger partial charge is 0.328 e. The molecular formula is C9H11N3O3. The number of allylic oxidation sites excluding steroid dienone is 1. The molecule has 1 fully saturated rings. The number of carbonyl (C=O) groups is 2. The topological polar surface area (TPSA) is 105 Å². The number of methoxy groups -OCH3 is 1. The molecule has 6 heteroatoms. The number of carbonyl (C=O) groups excluding carboxylic acids is 2. The Labute approximate surface area is 86.7 Å². The van der Waals surface area contributed by atoms with E-state index in [9.17, 15) is 9.59 Å². The zero-order valence-corrected chi connectivity index (χ0v) is 8.24. The van der Waals surface area contributed by atoms with Gasteiger partial charge in [0.05, 0.1) is 7.11 Å². The van der Waals surface area contributed by atoms with Crippen LogP contribution in [0.25, 0.3) is 0 Å². The summed E-state index contributed by atoms with van der Waals surface area (Å²) in [5.41, 5.74) is 5.30. The van der Waals surface area contributed by atoms with Gasteiger partial charge in [0.1, 0.15) is 17.7 Å². The highest BCUT2D eigenvalue weighted by molar-refractivity contribution is 5.97. The summed E-state index contributed by atoms with van der Waals surface area (Å²) in [6, 6.07) is 1.22. The molecule has 1 heterocycles. The van der Waals surface area contributed by atoms with E-state index in [1.165, 1.54) is 7.11 Å². The van der Waals surface area contributed by atoms with E-state index in [0.717, 1.165) is 0 Å². The first-order valence-corrected chi connectivity index (χ1v) is 4.37. The highest BCUT2D eigenvalue weighted by atomic mass is 16.5. The molecule has 0 spiro atoms. The maximum absolute atomic E-state index is 11.1. The maximum Gasteiger partial charge on any atom is 0.328 e. The Morgan fingerprint density at radius 1 is 1.67 bits per heavy atom. The fourth-order valence-corrected chi connectivity index (χ4v) is 1.43. The summed E-state index contributed by atoms with van der Waals surface area (Å²) in [5.74, 6) is -1.20. The van der Waals surface area contributed by atoms with Gasteiger partial charge in [0.25, 0.3) is 5.91 Å². The van der Waals surface area contributed by atoms with Crippen molar-refractivity contribution in [2.75, 3.05) is 7.11 Å². The van der Waals surface area contributed by atoms with Crippen LogP contribution < -0.4 is 11.1 Å². The lowest BCUT2D eigenvalue weighted by Gasteiger charge is -2.08. The van der Waals surface area contributed by atoms with Crippen molar-refractivity contribution < 1.29 is 14.3 Å². The number of hydrogen-bond donors (Lipinski definition) is 2. The molecule has 0 radical (unpaired) electrons. The highest BCUT2D eigenvalue weighted by Crippen LogP contribution is 2.19. The molecule has 0 aromatic carbocycles. The number of nitrogens with zero attached hydrogens (tertiary/aromatic N) is 1. The van der Waals surface area contributed by atoms with E-state index in [0.29, 0.717) is 18.5 Å². The highest BCUT2D eigenvalue weighted by Gasteiger charge is 2.28. The van der Waals surface area contributed by atoms with Crippen LogP contribution in [-0.2, 0) is 14.3 Å². The number of ether oxygens (including phenoxy) is 1. The van der Waals surface area contributed by atoms with Gasteiger partial charge >= 0.3 is 5.97 Å². The summed E-state index contributed by atoms with van der Waals surface area (Å²) >= 11 is 0. The van der Waals surface area contributed by atoms with Gasteiger partial charge in [-0.3, -0.25) is 4.79 Å². The monoisotopic (exact) mass is 209 g/mol. The van der Waals surface area contributed by atoms with Crippen molar-refractivity contribution in [1.82, 2.24) is 5.32 Å². The number of nitrogens with two attached hydrogens (primary N) is 1. The number of amides is 1. The first-order chi connectivity index (χ1) is 7.10. The van der Waals surface area contributed by atoms with Crippen LogP contribution in [0.3, 0.4) is 0 Å². The van der Waals surface area contributed by atoms with Gasteiger partial charge in [0.15, 0.2) is 0 Å². The zero-order valence-electron chi connectivity index (χ0n) is 8.24. The third kappa shape index (κ3) is 2.26. The summed E-state index contributed by atoms with van der Waals surface area (Å²) in [7, 11) is 1.28. The van der Waals surface area contributed by atoms with E-state index in [1.54, 1.807) is 6.07 Å². The quantitative estimate of drug-likeness (QED) is 0.351. The Kier molecular flexibility index (Phi) is 3.29. The second-order valence-electron chi connectivity index (χ2n) is 3.09. The molecule has 0 aliphatic carbocycles. The van der Waals surface area contributed by atoms with Crippen molar-refractivity contribution >= 4 is 11.9 Å². The first kappa shape index (κ1) is 11.0. The molecule has 1 amide bonds. The molecule has 1 aliphatic heterocycles. The molecule has 1 aliphatic rings. The van der Waals surface area contributed by atoms with Gasteiger partial charge in [-0.05, 0) is 12.8 Å². The van der Waals surface area contributed by atoms with E-state index in [4.69, 9.17) is 11.0 Å². The van der Waals surface area contributed by atoms with E-state index < -0.39 is 17.9 Å². The molecule has 0 saturated carbocycles. The maximum atomic E-state index is 11.1. The van der Waals surface area contributed by atoms with Crippen LogP contribution in [-0.4, -0.2) is 25.0 Å². The molecule has 6 nitrogen and oxygen atoms in total. The Balaban J connectivity index is 2.83. The van der Waals surface area contributed by atoms with Crippen molar-refractivity contribution in [2.45, 2.75) is 18.9 Å². The minimum atomic E-state index is -0.787. The molecule has 1 rings (SSSR count). The van der Waals surface area contributed by atoms with Gasteiger partial charge in [-0.15, -0.1) is 0 Å². The lowest BCUT2D eigenvalue weighted by Crippen LogP contribution is -2.32.